The Balaban J connectivity index is 2.52. The normalized spacial score (nSPS) is 12.6. The Labute approximate surface area is 230 Å². The number of hydrogen-bond acceptors (Lipinski definition) is 6. The van der Waals surface area contributed by atoms with Crippen molar-refractivity contribution in [1.29, 1.82) is 0 Å². The lowest BCUT2D eigenvalue weighted by Crippen LogP contribution is -2.53. The Morgan fingerprint density at radius 1 is 1.00 bits per heavy atom. The van der Waals surface area contributed by atoms with E-state index < -0.39 is 47.9 Å². The summed E-state index contributed by atoms with van der Waals surface area (Å²) >= 11 is 0. The second-order valence-electron chi connectivity index (χ2n) is 10.4. The Bertz CT molecular complexity index is 1170. The van der Waals surface area contributed by atoms with Gasteiger partial charge in [-0.3, -0.25) is 14.4 Å². The summed E-state index contributed by atoms with van der Waals surface area (Å²) < 4.78 is 10.5. The number of nitrogens with one attached hydrogen (secondary N) is 2. The number of alkyl carbamates (subject to hydrolysis) is 1. The Morgan fingerprint density at radius 3 is 2.15 bits per heavy atom. The predicted octanol–water partition coefficient (Wildman–Crippen LogP) is 4.00. The molecule has 0 aliphatic heterocycles. The summed E-state index contributed by atoms with van der Waals surface area (Å²) in [5.74, 6) is -1.25. The predicted molar refractivity (Wildman–Crippen MR) is 149 cm³/mol. The molecule has 0 fully saturated rings. The van der Waals surface area contributed by atoms with Gasteiger partial charge < -0.3 is 30.7 Å². The van der Waals surface area contributed by atoms with Crippen LogP contribution in [0.4, 0.5) is 10.5 Å². The average molecular weight is 541 g/mol. The molecule has 4 amide bonds. The molecule has 10 nitrogen and oxygen atoms in total. The number of primary amides is 1. The van der Waals surface area contributed by atoms with E-state index in [9.17, 15) is 19.2 Å². The van der Waals surface area contributed by atoms with Crippen LogP contribution in [0.25, 0.3) is 0 Å². The number of anilines is 1. The zero-order chi connectivity index (χ0) is 29.3. The van der Waals surface area contributed by atoms with Gasteiger partial charge in [0.15, 0.2) is 0 Å². The van der Waals surface area contributed by atoms with E-state index in [4.69, 9.17) is 15.2 Å². The van der Waals surface area contributed by atoms with Gasteiger partial charge in [-0.05, 0) is 82.0 Å². The van der Waals surface area contributed by atoms with Crippen LogP contribution in [-0.2, 0) is 19.1 Å². The largest absolute Gasteiger partial charge is 0.497 e. The summed E-state index contributed by atoms with van der Waals surface area (Å²) in [5.41, 5.74) is 7.67. The molecule has 0 aliphatic carbocycles. The van der Waals surface area contributed by atoms with Gasteiger partial charge in [0, 0.05) is 12.2 Å². The van der Waals surface area contributed by atoms with Crippen molar-refractivity contribution in [3.05, 3.63) is 59.2 Å². The van der Waals surface area contributed by atoms with Crippen LogP contribution in [-0.4, -0.2) is 54.0 Å². The van der Waals surface area contributed by atoms with Gasteiger partial charge in [-0.25, -0.2) is 4.79 Å². The molecule has 2 rings (SSSR count). The highest BCUT2D eigenvalue weighted by molar-refractivity contribution is 5.99. The number of ether oxygens (including phenoxy) is 2. The van der Waals surface area contributed by atoms with E-state index in [0.29, 0.717) is 23.4 Å². The van der Waals surface area contributed by atoms with Gasteiger partial charge in [0.25, 0.3) is 5.91 Å². The van der Waals surface area contributed by atoms with Gasteiger partial charge in [0.2, 0.25) is 11.8 Å². The lowest BCUT2D eigenvalue weighted by molar-refractivity contribution is -0.141. The number of amides is 4. The van der Waals surface area contributed by atoms with Crippen LogP contribution >= 0.6 is 0 Å². The van der Waals surface area contributed by atoms with Crippen LogP contribution in [0.3, 0.4) is 0 Å². The fraction of sp³-hybridized carbons (Fsp3) is 0.448. The zero-order valence-electron chi connectivity index (χ0n) is 23.8. The molecule has 0 heterocycles. The minimum atomic E-state index is -1.33. The number of rotatable bonds is 11. The summed E-state index contributed by atoms with van der Waals surface area (Å²) in [5, 5.41) is 5.35. The average Bonchev–Trinajstić information content (AvgIpc) is 2.84. The third-order valence-corrected chi connectivity index (χ3v) is 5.91. The molecule has 212 valence electrons. The molecule has 2 aromatic rings. The van der Waals surface area contributed by atoms with Crippen molar-refractivity contribution in [3.8, 4) is 5.75 Å². The maximum atomic E-state index is 13.9. The number of carbonyl (C=O) groups excluding carboxylic acids is 4. The van der Waals surface area contributed by atoms with Gasteiger partial charge in [0.1, 0.15) is 23.4 Å². The van der Waals surface area contributed by atoms with Crippen LogP contribution in [0, 0.1) is 13.8 Å². The van der Waals surface area contributed by atoms with Gasteiger partial charge in [-0.15, -0.1) is 0 Å². The molecule has 0 bridgehead atoms. The molecule has 0 spiro atoms. The number of nitrogens with zero attached hydrogens (tertiary/aromatic N) is 1. The SMILES string of the molecule is CCCN(C(=O)C(CC(N)=O)NC(=O)OC(C)(C)C)C(C(=O)Nc1ccc(OC)cc1)c1ccc(C)c(C)c1. The first-order valence-electron chi connectivity index (χ1n) is 12.9. The summed E-state index contributed by atoms with van der Waals surface area (Å²) in [6.45, 7) is 11.0. The molecular weight excluding hydrogens is 500 g/mol. The lowest BCUT2D eigenvalue weighted by atomic mass is 9.97. The molecule has 4 N–H and O–H groups in total. The Kier molecular flexibility index (Phi) is 10.9. The first-order valence-corrected chi connectivity index (χ1v) is 12.9. The van der Waals surface area contributed by atoms with Crippen molar-refractivity contribution in [2.45, 2.75) is 72.1 Å². The van der Waals surface area contributed by atoms with E-state index in [2.05, 4.69) is 10.6 Å². The maximum Gasteiger partial charge on any atom is 0.408 e. The minimum absolute atomic E-state index is 0.178. The van der Waals surface area contributed by atoms with E-state index in [1.165, 1.54) is 4.90 Å². The third kappa shape index (κ3) is 9.31. The lowest BCUT2D eigenvalue weighted by Gasteiger charge is -2.34. The molecule has 0 aliphatic rings. The van der Waals surface area contributed by atoms with E-state index >= 15 is 0 Å². The molecule has 0 saturated carbocycles. The van der Waals surface area contributed by atoms with Crippen LogP contribution in [0.1, 0.15) is 63.3 Å². The van der Waals surface area contributed by atoms with Crippen LogP contribution in [0.2, 0.25) is 0 Å². The Morgan fingerprint density at radius 2 is 1.64 bits per heavy atom. The minimum Gasteiger partial charge on any atom is -0.497 e. The van der Waals surface area contributed by atoms with Gasteiger partial charge in [-0.2, -0.15) is 0 Å². The first kappa shape index (κ1) is 31.1. The molecule has 2 unspecified atom stereocenters. The number of carbonyl (C=O) groups is 4. The van der Waals surface area contributed by atoms with Crippen LogP contribution in [0.15, 0.2) is 42.5 Å². The molecule has 0 radical (unpaired) electrons. The number of hydrogen-bond donors (Lipinski definition) is 3. The maximum absolute atomic E-state index is 13.9. The topological polar surface area (TPSA) is 140 Å². The smallest absolute Gasteiger partial charge is 0.408 e. The van der Waals surface area contributed by atoms with Crippen molar-refractivity contribution >= 4 is 29.5 Å². The highest BCUT2D eigenvalue weighted by atomic mass is 16.6. The Hall–Kier alpha value is -4.08. The van der Waals surface area contributed by atoms with Crippen molar-refractivity contribution < 1.29 is 28.7 Å². The molecular formula is C29H40N4O6. The molecule has 10 heteroatoms. The van der Waals surface area contributed by atoms with E-state index in [0.717, 1.165) is 11.1 Å². The number of methoxy groups -OCH3 is 1. The summed E-state index contributed by atoms with van der Waals surface area (Å²) in [6, 6.07) is 9.95. The second kappa shape index (κ2) is 13.6. The van der Waals surface area contributed by atoms with E-state index in [1.807, 2.05) is 32.9 Å². The number of nitrogens with two attached hydrogens (primary N) is 1. The van der Waals surface area contributed by atoms with Gasteiger partial charge in [0.05, 0.1) is 13.5 Å². The molecule has 0 saturated heterocycles. The molecule has 2 aromatic carbocycles. The zero-order valence-corrected chi connectivity index (χ0v) is 23.8. The van der Waals surface area contributed by atoms with E-state index in [1.54, 1.807) is 58.2 Å². The highest BCUT2D eigenvalue weighted by Crippen LogP contribution is 2.27. The fourth-order valence-electron chi connectivity index (χ4n) is 3.95. The fourth-order valence-corrected chi connectivity index (χ4v) is 3.95. The summed E-state index contributed by atoms with van der Waals surface area (Å²) in [7, 11) is 1.55. The molecule has 39 heavy (non-hydrogen) atoms. The van der Waals surface area contributed by atoms with Crippen molar-refractivity contribution in [3.63, 3.8) is 0 Å². The molecule has 2 atom stereocenters. The second-order valence-corrected chi connectivity index (χ2v) is 10.4. The van der Waals surface area contributed by atoms with Gasteiger partial charge in [-0.1, -0.05) is 25.1 Å². The highest BCUT2D eigenvalue weighted by Gasteiger charge is 2.36. The molecule has 0 aromatic heterocycles. The summed E-state index contributed by atoms with van der Waals surface area (Å²) in [6.07, 6.45) is -0.819. The third-order valence-electron chi connectivity index (χ3n) is 5.91. The van der Waals surface area contributed by atoms with Crippen molar-refractivity contribution in [2.75, 3.05) is 19.0 Å². The van der Waals surface area contributed by atoms with Crippen LogP contribution in [0.5, 0.6) is 5.75 Å². The van der Waals surface area contributed by atoms with Crippen LogP contribution < -0.4 is 21.1 Å². The van der Waals surface area contributed by atoms with Crippen molar-refractivity contribution in [2.24, 2.45) is 5.73 Å². The quantitative estimate of drug-likeness (QED) is 0.394. The summed E-state index contributed by atoms with van der Waals surface area (Å²) in [4.78, 5) is 53.5. The monoisotopic (exact) mass is 540 g/mol. The van der Waals surface area contributed by atoms with Gasteiger partial charge >= 0.3 is 6.09 Å². The number of benzene rings is 2. The van der Waals surface area contributed by atoms with Crippen molar-refractivity contribution in [1.82, 2.24) is 10.2 Å². The number of aryl methyl sites for hydroxylation is 2. The van der Waals surface area contributed by atoms with E-state index in [-0.39, 0.29) is 6.54 Å². The standard InChI is InChI=1S/C29H40N4O6/c1-8-15-33(27(36)23(17-24(30)34)32-28(37)39-29(4,5)6)25(20-10-9-18(2)19(3)16-20)26(35)31-21-11-13-22(38-7)14-12-21/h9-14,16,23,25H,8,15,17H2,1-7H3,(H2,30,34)(H,31,35)(H,32,37). The first-order chi connectivity index (χ1) is 18.2.